The SMILES string of the molecule is CCCCN(CCCC)c1nc(Cl)nc2cc(OC)c(OC)cc12. The zero-order valence-corrected chi connectivity index (χ0v) is 15.7. The summed E-state index contributed by atoms with van der Waals surface area (Å²) in [6, 6.07) is 3.79. The van der Waals surface area contributed by atoms with Gasteiger partial charge in [-0.15, -0.1) is 0 Å². The van der Waals surface area contributed by atoms with Crippen LogP contribution < -0.4 is 14.4 Å². The first-order valence-electron chi connectivity index (χ1n) is 8.48. The first kappa shape index (κ1) is 18.6. The molecule has 0 spiro atoms. The maximum absolute atomic E-state index is 6.18. The molecule has 0 unspecified atom stereocenters. The van der Waals surface area contributed by atoms with Crippen LogP contribution in [0.3, 0.4) is 0 Å². The van der Waals surface area contributed by atoms with Crippen molar-refractivity contribution in [3.63, 3.8) is 0 Å². The average molecular weight is 352 g/mol. The van der Waals surface area contributed by atoms with Gasteiger partial charge in [0.05, 0.1) is 19.7 Å². The van der Waals surface area contributed by atoms with Crippen LogP contribution in [-0.4, -0.2) is 37.3 Å². The van der Waals surface area contributed by atoms with Gasteiger partial charge in [0.2, 0.25) is 5.28 Å². The molecule has 0 atom stereocenters. The molecule has 0 N–H and O–H groups in total. The Balaban J connectivity index is 2.56. The van der Waals surface area contributed by atoms with E-state index in [1.165, 1.54) is 0 Å². The Morgan fingerprint density at radius 1 is 0.958 bits per heavy atom. The van der Waals surface area contributed by atoms with E-state index in [1.807, 2.05) is 12.1 Å². The van der Waals surface area contributed by atoms with Crippen LogP contribution in [0.4, 0.5) is 5.82 Å². The first-order valence-corrected chi connectivity index (χ1v) is 8.86. The number of hydrogen-bond donors (Lipinski definition) is 0. The lowest BCUT2D eigenvalue weighted by atomic mass is 10.1. The molecule has 0 amide bonds. The number of unbranched alkanes of at least 4 members (excludes halogenated alkanes) is 2. The number of ether oxygens (including phenoxy) is 2. The van der Waals surface area contributed by atoms with Gasteiger partial charge in [-0.05, 0) is 30.5 Å². The molecule has 0 saturated heterocycles. The van der Waals surface area contributed by atoms with Gasteiger partial charge in [0.25, 0.3) is 0 Å². The van der Waals surface area contributed by atoms with Gasteiger partial charge in [-0.25, -0.2) is 4.98 Å². The van der Waals surface area contributed by atoms with Crippen molar-refractivity contribution in [2.45, 2.75) is 39.5 Å². The standard InChI is InChI=1S/C18H26ClN3O2/c1-5-7-9-22(10-8-6-2)17-13-11-15(23-3)16(24-4)12-14(13)20-18(19)21-17/h11-12H,5-10H2,1-4H3. The molecular weight excluding hydrogens is 326 g/mol. The third kappa shape index (κ3) is 4.20. The number of halogens is 1. The molecule has 0 radical (unpaired) electrons. The smallest absolute Gasteiger partial charge is 0.224 e. The van der Waals surface area contributed by atoms with Crippen molar-refractivity contribution in [2.24, 2.45) is 0 Å². The summed E-state index contributed by atoms with van der Waals surface area (Å²) < 4.78 is 10.8. The van der Waals surface area contributed by atoms with Gasteiger partial charge < -0.3 is 14.4 Å². The molecule has 1 aromatic heterocycles. The molecule has 132 valence electrons. The number of methoxy groups -OCH3 is 2. The minimum absolute atomic E-state index is 0.253. The quantitative estimate of drug-likeness (QED) is 0.612. The molecule has 0 saturated carbocycles. The highest BCUT2D eigenvalue weighted by Gasteiger charge is 2.17. The van der Waals surface area contributed by atoms with Gasteiger partial charge in [-0.2, -0.15) is 4.98 Å². The van der Waals surface area contributed by atoms with E-state index in [0.717, 1.165) is 55.5 Å². The van der Waals surface area contributed by atoms with E-state index >= 15 is 0 Å². The zero-order chi connectivity index (χ0) is 17.5. The summed E-state index contributed by atoms with van der Waals surface area (Å²) in [6.45, 7) is 6.29. The predicted octanol–water partition coefficient (Wildman–Crippen LogP) is 4.71. The number of aromatic nitrogens is 2. The monoisotopic (exact) mass is 351 g/mol. The van der Waals surface area contributed by atoms with Gasteiger partial charge >= 0.3 is 0 Å². The average Bonchev–Trinajstić information content (AvgIpc) is 2.60. The second kappa shape index (κ2) is 8.92. The Bertz CT molecular complexity index is 671. The maximum Gasteiger partial charge on any atom is 0.224 e. The Hall–Kier alpha value is -1.75. The second-order valence-electron chi connectivity index (χ2n) is 5.73. The molecule has 6 heteroatoms. The third-order valence-corrected chi connectivity index (χ3v) is 4.19. The lowest BCUT2D eigenvalue weighted by Crippen LogP contribution is -2.27. The van der Waals surface area contributed by atoms with Crippen molar-refractivity contribution in [1.29, 1.82) is 0 Å². The summed E-state index contributed by atoms with van der Waals surface area (Å²) >= 11 is 6.18. The van der Waals surface area contributed by atoms with E-state index in [0.29, 0.717) is 11.5 Å². The summed E-state index contributed by atoms with van der Waals surface area (Å²) in [5.74, 6) is 2.18. The Morgan fingerprint density at radius 2 is 1.54 bits per heavy atom. The van der Waals surface area contributed by atoms with E-state index in [-0.39, 0.29) is 5.28 Å². The van der Waals surface area contributed by atoms with Crippen LogP contribution in [0.2, 0.25) is 5.28 Å². The lowest BCUT2D eigenvalue weighted by Gasteiger charge is -2.25. The molecular formula is C18H26ClN3O2. The molecule has 0 fully saturated rings. The fraction of sp³-hybridized carbons (Fsp3) is 0.556. The lowest BCUT2D eigenvalue weighted by molar-refractivity contribution is 0.356. The summed E-state index contributed by atoms with van der Waals surface area (Å²) in [5.41, 5.74) is 0.764. The molecule has 5 nitrogen and oxygen atoms in total. The van der Waals surface area contributed by atoms with Gasteiger partial charge in [0.15, 0.2) is 11.5 Å². The van der Waals surface area contributed by atoms with E-state index in [9.17, 15) is 0 Å². The van der Waals surface area contributed by atoms with E-state index in [1.54, 1.807) is 14.2 Å². The Morgan fingerprint density at radius 3 is 2.08 bits per heavy atom. The van der Waals surface area contributed by atoms with Crippen LogP contribution in [0.15, 0.2) is 12.1 Å². The zero-order valence-electron chi connectivity index (χ0n) is 14.9. The van der Waals surface area contributed by atoms with Crippen LogP contribution >= 0.6 is 11.6 Å². The highest BCUT2D eigenvalue weighted by Crippen LogP contribution is 2.35. The number of anilines is 1. The van der Waals surface area contributed by atoms with E-state index < -0.39 is 0 Å². The van der Waals surface area contributed by atoms with Crippen LogP contribution in [0.25, 0.3) is 10.9 Å². The molecule has 2 aromatic rings. The predicted molar refractivity (Wildman–Crippen MR) is 99.7 cm³/mol. The topological polar surface area (TPSA) is 47.5 Å². The number of nitrogens with zero attached hydrogens (tertiary/aromatic N) is 3. The minimum Gasteiger partial charge on any atom is -0.493 e. The van der Waals surface area contributed by atoms with Crippen molar-refractivity contribution in [3.05, 3.63) is 17.4 Å². The third-order valence-electron chi connectivity index (χ3n) is 4.02. The normalized spacial score (nSPS) is 10.9. The summed E-state index contributed by atoms with van der Waals surface area (Å²) in [4.78, 5) is 11.2. The molecule has 1 aromatic carbocycles. The maximum atomic E-state index is 6.18. The van der Waals surface area contributed by atoms with Crippen LogP contribution in [0, 0.1) is 0 Å². The molecule has 24 heavy (non-hydrogen) atoms. The molecule has 0 aliphatic rings. The van der Waals surface area contributed by atoms with Gasteiger partial charge in [-0.3, -0.25) is 0 Å². The minimum atomic E-state index is 0.253. The second-order valence-corrected chi connectivity index (χ2v) is 6.07. The number of benzene rings is 1. The van der Waals surface area contributed by atoms with E-state index in [4.69, 9.17) is 21.1 Å². The van der Waals surface area contributed by atoms with Crippen LogP contribution in [-0.2, 0) is 0 Å². The number of rotatable bonds is 9. The van der Waals surface area contributed by atoms with Crippen LogP contribution in [0.1, 0.15) is 39.5 Å². The first-order chi connectivity index (χ1) is 11.6. The van der Waals surface area contributed by atoms with Gasteiger partial charge in [0, 0.05) is 24.5 Å². The highest BCUT2D eigenvalue weighted by atomic mass is 35.5. The fourth-order valence-corrected chi connectivity index (χ4v) is 2.85. The van der Waals surface area contributed by atoms with Crippen molar-refractivity contribution in [1.82, 2.24) is 9.97 Å². The molecule has 0 aliphatic carbocycles. The largest absolute Gasteiger partial charge is 0.493 e. The highest BCUT2D eigenvalue weighted by molar-refractivity contribution is 6.28. The Labute approximate surface area is 148 Å². The van der Waals surface area contributed by atoms with Crippen molar-refractivity contribution in [3.8, 4) is 11.5 Å². The van der Waals surface area contributed by atoms with Crippen molar-refractivity contribution in [2.75, 3.05) is 32.2 Å². The number of hydrogen-bond acceptors (Lipinski definition) is 5. The molecule has 0 bridgehead atoms. The van der Waals surface area contributed by atoms with Gasteiger partial charge in [0.1, 0.15) is 5.82 Å². The summed E-state index contributed by atoms with van der Waals surface area (Å²) in [6.07, 6.45) is 4.49. The molecule has 2 rings (SSSR count). The van der Waals surface area contributed by atoms with Crippen molar-refractivity contribution < 1.29 is 9.47 Å². The van der Waals surface area contributed by atoms with E-state index in [2.05, 4.69) is 28.7 Å². The summed E-state index contributed by atoms with van der Waals surface area (Å²) in [7, 11) is 3.24. The van der Waals surface area contributed by atoms with Gasteiger partial charge in [-0.1, -0.05) is 26.7 Å². The number of fused-ring (bicyclic) bond motifs is 1. The summed E-state index contributed by atoms with van der Waals surface area (Å²) in [5, 5.41) is 1.19. The molecule has 0 aliphatic heterocycles. The Kier molecular flexibility index (Phi) is 6.91. The molecule has 1 heterocycles. The van der Waals surface area contributed by atoms with Crippen molar-refractivity contribution >= 4 is 28.3 Å². The van der Waals surface area contributed by atoms with Crippen LogP contribution in [0.5, 0.6) is 11.5 Å². The fourth-order valence-electron chi connectivity index (χ4n) is 2.67.